The standard InChI is InChI=1S/C13H17N3/c1-10(14)11(2)16-9-13(8-15-16)12-6-4-3-5-7-12/h3-11H,14H2,1-2H3. The van der Waals surface area contributed by atoms with Gasteiger partial charge in [0.25, 0.3) is 0 Å². The number of aromatic nitrogens is 2. The zero-order valence-corrected chi connectivity index (χ0v) is 9.67. The van der Waals surface area contributed by atoms with Crippen molar-refractivity contribution in [1.29, 1.82) is 0 Å². The fourth-order valence-corrected chi connectivity index (χ4v) is 1.58. The maximum atomic E-state index is 5.86. The summed E-state index contributed by atoms with van der Waals surface area (Å²) in [7, 11) is 0. The molecular weight excluding hydrogens is 198 g/mol. The molecule has 3 nitrogen and oxygen atoms in total. The van der Waals surface area contributed by atoms with E-state index in [0.717, 1.165) is 5.56 Å². The predicted molar refractivity (Wildman–Crippen MR) is 66.0 cm³/mol. The van der Waals surface area contributed by atoms with Crippen LogP contribution in [0.25, 0.3) is 11.1 Å². The molecule has 1 aromatic heterocycles. The van der Waals surface area contributed by atoms with E-state index in [0.29, 0.717) is 0 Å². The van der Waals surface area contributed by atoms with Gasteiger partial charge in [0, 0.05) is 17.8 Å². The fourth-order valence-electron chi connectivity index (χ4n) is 1.58. The van der Waals surface area contributed by atoms with E-state index in [1.54, 1.807) is 0 Å². The van der Waals surface area contributed by atoms with Crippen LogP contribution in [0.3, 0.4) is 0 Å². The molecule has 84 valence electrons. The van der Waals surface area contributed by atoms with Gasteiger partial charge < -0.3 is 5.73 Å². The van der Waals surface area contributed by atoms with Gasteiger partial charge in [0.1, 0.15) is 0 Å². The maximum Gasteiger partial charge on any atom is 0.0639 e. The summed E-state index contributed by atoms with van der Waals surface area (Å²) in [6, 6.07) is 10.6. The molecule has 1 heterocycles. The first-order valence-electron chi connectivity index (χ1n) is 5.53. The average Bonchev–Trinajstić information content (AvgIpc) is 2.78. The lowest BCUT2D eigenvalue weighted by Gasteiger charge is -2.15. The van der Waals surface area contributed by atoms with Crippen LogP contribution in [0.4, 0.5) is 0 Å². The van der Waals surface area contributed by atoms with Crippen LogP contribution in [0.5, 0.6) is 0 Å². The first-order valence-corrected chi connectivity index (χ1v) is 5.53. The van der Waals surface area contributed by atoms with E-state index in [1.807, 2.05) is 42.2 Å². The molecule has 1 aromatic carbocycles. The summed E-state index contributed by atoms with van der Waals surface area (Å²) in [4.78, 5) is 0. The highest BCUT2D eigenvalue weighted by Crippen LogP contribution is 2.19. The Balaban J connectivity index is 2.27. The van der Waals surface area contributed by atoms with Crippen molar-refractivity contribution in [3.8, 4) is 11.1 Å². The third kappa shape index (κ3) is 2.14. The lowest BCUT2D eigenvalue weighted by atomic mass is 10.1. The minimum absolute atomic E-state index is 0.100. The third-order valence-corrected chi connectivity index (χ3v) is 2.89. The molecule has 0 saturated heterocycles. The Labute approximate surface area is 95.9 Å². The van der Waals surface area contributed by atoms with Crippen LogP contribution in [0.1, 0.15) is 19.9 Å². The SMILES string of the molecule is CC(N)C(C)n1cc(-c2ccccc2)cn1. The van der Waals surface area contributed by atoms with Crippen LogP contribution >= 0.6 is 0 Å². The van der Waals surface area contributed by atoms with E-state index in [9.17, 15) is 0 Å². The second-order valence-electron chi connectivity index (χ2n) is 4.17. The molecule has 16 heavy (non-hydrogen) atoms. The molecule has 0 spiro atoms. The summed E-state index contributed by atoms with van der Waals surface area (Å²) < 4.78 is 1.92. The van der Waals surface area contributed by atoms with Crippen molar-refractivity contribution in [2.24, 2.45) is 5.73 Å². The van der Waals surface area contributed by atoms with E-state index in [4.69, 9.17) is 5.73 Å². The molecule has 0 aliphatic heterocycles. The van der Waals surface area contributed by atoms with Gasteiger partial charge in [-0.15, -0.1) is 0 Å². The number of hydrogen-bond acceptors (Lipinski definition) is 2. The van der Waals surface area contributed by atoms with Gasteiger partial charge in [0.05, 0.1) is 12.2 Å². The Morgan fingerprint density at radius 2 is 1.81 bits per heavy atom. The highest BCUT2D eigenvalue weighted by atomic mass is 15.3. The summed E-state index contributed by atoms with van der Waals surface area (Å²) in [5.41, 5.74) is 8.17. The molecule has 0 saturated carbocycles. The van der Waals surface area contributed by atoms with Crippen molar-refractivity contribution < 1.29 is 0 Å². The van der Waals surface area contributed by atoms with E-state index in [2.05, 4.69) is 24.2 Å². The largest absolute Gasteiger partial charge is 0.326 e. The zero-order valence-electron chi connectivity index (χ0n) is 9.67. The van der Waals surface area contributed by atoms with Gasteiger partial charge in [0.2, 0.25) is 0 Å². The monoisotopic (exact) mass is 215 g/mol. The molecule has 2 atom stereocenters. The van der Waals surface area contributed by atoms with Gasteiger partial charge in [0.15, 0.2) is 0 Å². The molecule has 0 fully saturated rings. The molecule has 3 heteroatoms. The minimum Gasteiger partial charge on any atom is -0.326 e. The van der Waals surface area contributed by atoms with Crippen molar-refractivity contribution in [2.45, 2.75) is 25.9 Å². The van der Waals surface area contributed by atoms with Crippen molar-refractivity contribution in [3.63, 3.8) is 0 Å². The normalized spacial score (nSPS) is 14.7. The smallest absolute Gasteiger partial charge is 0.0639 e. The van der Waals surface area contributed by atoms with E-state index >= 15 is 0 Å². The number of nitrogens with two attached hydrogens (primary N) is 1. The Kier molecular flexibility index (Phi) is 3.06. The molecule has 0 aliphatic carbocycles. The molecule has 2 unspecified atom stereocenters. The number of rotatable bonds is 3. The third-order valence-electron chi connectivity index (χ3n) is 2.89. The summed E-state index contributed by atoms with van der Waals surface area (Å²) in [6.45, 7) is 4.07. The van der Waals surface area contributed by atoms with Crippen LogP contribution in [-0.2, 0) is 0 Å². The molecule has 2 N–H and O–H groups in total. The summed E-state index contributed by atoms with van der Waals surface area (Å²) in [6.07, 6.45) is 3.93. The van der Waals surface area contributed by atoms with Crippen molar-refractivity contribution in [3.05, 3.63) is 42.7 Å². The second-order valence-corrected chi connectivity index (χ2v) is 4.17. The Bertz CT molecular complexity index is 445. The highest BCUT2D eigenvalue weighted by Gasteiger charge is 2.11. The van der Waals surface area contributed by atoms with Crippen LogP contribution in [0, 0.1) is 0 Å². The Morgan fingerprint density at radius 1 is 1.12 bits per heavy atom. The number of nitrogens with zero attached hydrogens (tertiary/aromatic N) is 2. The molecule has 0 radical (unpaired) electrons. The molecule has 2 aromatic rings. The van der Waals surface area contributed by atoms with Crippen molar-refractivity contribution in [1.82, 2.24) is 9.78 Å². The first-order chi connectivity index (χ1) is 7.68. The van der Waals surface area contributed by atoms with Gasteiger partial charge in [-0.05, 0) is 19.4 Å². The van der Waals surface area contributed by atoms with Gasteiger partial charge in [-0.25, -0.2) is 0 Å². The molecule has 0 bridgehead atoms. The Morgan fingerprint density at radius 3 is 2.44 bits per heavy atom. The fraction of sp³-hybridized carbons (Fsp3) is 0.308. The minimum atomic E-state index is 0.100. The van der Waals surface area contributed by atoms with Crippen LogP contribution in [-0.4, -0.2) is 15.8 Å². The van der Waals surface area contributed by atoms with Gasteiger partial charge >= 0.3 is 0 Å². The maximum absolute atomic E-state index is 5.86. The average molecular weight is 215 g/mol. The molecule has 2 rings (SSSR count). The Hall–Kier alpha value is -1.61. The van der Waals surface area contributed by atoms with Crippen LogP contribution < -0.4 is 5.73 Å². The lowest BCUT2D eigenvalue weighted by Crippen LogP contribution is -2.27. The zero-order chi connectivity index (χ0) is 11.5. The number of hydrogen-bond donors (Lipinski definition) is 1. The highest BCUT2D eigenvalue weighted by molar-refractivity contribution is 5.61. The summed E-state index contributed by atoms with van der Waals surface area (Å²) >= 11 is 0. The van der Waals surface area contributed by atoms with E-state index < -0.39 is 0 Å². The number of benzene rings is 1. The van der Waals surface area contributed by atoms with Gasteiger partial charge in [-0.3, -0.25) is 4.68 Å². The van der Waals surface area contributed by atoms with E-state index in [-0.39, 0.29) is 12.1 Å². The second kappa shape index (κ2) is 4.49. The molecule has 0 aliphatic rings. The van der Waals surface area contributed by atoms with Gasteiger partial charge in [-0.1, -0.05) is 30.3 Å². The van der Waals surface area contributed by atoms with E-state index in [1.165, 1.54) is 5.56 Å². The quantitative estimate of drug-likeness (QED) is 0.854. The van der Waals surface area contributed by atoms with Crippen molar-refractivity contribution in [2.75, 3.05) is 0 Å². The lowest BCUT2D eigenvalue weighted by molar-refractivity contribution is 0.425. The first kappa shape index (κ1) is 10.9. The van der Waals surface area contributed by atoms with Crippen molar-refractivity contribution >= 4 is 0 Å². The van der Waals surface area contributed by atoms with Crippen LogP contribution in [0.15, 0.2) is 42.7 Å². The van der Waals surface area contributed by atoms with Crippen LogP contribution in [0.2, 0.25) is 0 Å². The predicted octanol–water partition coefficient (Wildman–Crippen LogP) is 2.46. The van der Waals surface area contributed by atoms with Gasteiger partial charge in [-0.2, -0.15) is 5.10 Å². The molecular formula is C13H17N3. The summed E-state index contributed by atoms with van der Waals surface area (Å²) in [5.74, 6) is 0. The molecule has 0 amide bonds. The topological polar surface area (TPSA) is 43.8 Å². The summed E-state index contributed by atoms with van der Waals surface area (Å²) in [5, 5.41) is 4.35.